The fourth-order valence-corrected chi connectivity index (χ4v) is 4.27. The van der Waals surface area contributed by atoms with Gasteiger partial charge in [0.2, 0.25) is 0 Å². The van der Waals surface area contributed by atoms with Crippen molar-refractivity contribution in [3.63, 3.8) is 0 Å². The second-order valence-corrected chi connectivity index (χ2v) is 6.99. The van der Waals surface area contributed by atoms with Crippen LogP contribution in [-0.4, -0.2) is 22.6 Å². The summed E-state index contributed by atoms with van der Waals surface area (Å²) in [6.07, 6.45) is 5.20. The summed E-state index contributed by atoms with van der Waals surface area (Å²) in [6.45, 7) is 0. The van der Waals surface area contributed by atoms with Crippen LogP contribution in [0.4, 0.5) is 0 Å². The van der Waals surface area contributed by atoms with E-state index in [1.807, 2.05) is 33.9 Å². The Balaban J connectivity index is 0.000000366. The van der Waals surface area contributed by atoms with Crippen LogP contribution in [0.5, 0.6) is 0 Å². The molecule has 1 radical (unpaired) electrons. The van der Waals surface area contributed by atoms with Gasteiger partial charge in [-0.1, -0.05) is 27.7 Å². The van der Waals surface area contributed by atoms with E-state index < -0.39 is 0 Å². The van der Waals surface area contributed by atoms with Crippen LogP contribution in [0.1, 0.15) is 25.6 Å². The number of hydrogen-bond acceptors (Lipinski definition) is 8. The Morgan fingerprint density at radius 1 is 1.09 bits per heavy atom. The van der Waals surface area contributed by atoms with Crippen molar-refractivity contribution in [3.05, 3.63) is 53.4 Å². The van der Waals surface area contributed by atoms with Crippen LogP contribution in [0.15, 0.2) is 30.7 Å². The fraction of sp³-hybridized carbons (Fsp3) is 0.308. The van der Waals surface area contributed by atoms with Crippen molar-refractivity contribution in [3.8, 4) is 0 Å². The summed E-state index contributed by atoms with van der Waals surface area (Å²) in [7, 11) is 7.56. The minimum atomic E-state index is 0.629. The van der Waals surface area contributed by atoms with Gasteiger partial charge in [-0.25, -0.2) is 0 Å². The van der Waals surface area contributed by atoms with Crippen molar-refractivity contribution in [1.29, 1.82) is 5.31 Å². The Morgan fingerprint density at radius 2 is 1.68 bits per heavy atom. The van der Waals surface area contributed by atoms with Crippen molar-refractivity contribution in [2.75, 3.05) is 0 Å². The predicted molar refractivity (Wildman–Crippen MR) is 105 cm³/mol. The average molecular weight is 372 g/mol. The summed E-state index contributed by atoms with van der Waals surface area (Å²) in [5.41, 5.74) is 4.51. The van der Waals surface area contributed by atoms with Crippen LogP contribution < -0.4 is 0 Å². The molecule has 0 bridgehead atoms. The van der Waals surface area contributed by atoms with Gasteiger partial charge < -0.3 is 0 Å². The van der Waals surface area contributed by atoms with Crippen molar-refractivity contribution >= 4 is 54.5 Å². The number of fused-ring (bicyclic) bond motifs is 1. The number of aromatic nitrogens is 3. The molecular weight excluding hydrogens is 351 g/mol. The van der Waals surface area contributed by atoms with Crippen molar-refractivity contribution in [1.82, 2.24) is 15.0 Å². The number of nitrogens with one attached hydrogen (secondary N) is 1. The Hall–Kier alpha value is -0.505. The van der Waals surface area contributed by atoms with E-state index in [9.17, 15) is 0 Å². The molecule has 22 heavy (non-hydrogen) atoms. The topological polar surface area (TPSA) is 62.5 Å². The van der Waals surface area contributed by atoms with Gasteiger partial charge in [0.05, 0.1) is 17.1 Å². The van der Waals surface area contributed by atoms with Crippen LogP contribution >= 0.6 is 46.8 Å². The molecule has 0 fully saturated rings. The first-order chi connectivity index (χ1) is 11.8. The maximum atomic E-state index is 5.25. The van der Waals surface area contributed by atoms with E-state index in [0.717, 1.165) is 22.9 Å². The summed E-state index contributed by atoms with van der Waals surface area (Å²) in [4.78, 5) is 12.4. The van der Waals surface area contributed by atoms with Gasteiger partial charge in [0.1, 0.15) is 0 Å². The van der Waals surface area contributed by atoms with Crippen molar-refractivity contribution in [2.45, 2.75) is 23.0 Å². The number of thiol groups is 2. The van der Waals surface area contributed by atoms with Crippen LogP contribution in [0, 0.1) is 5.31 Å². The molecule has 0 saturated carbocycles. The summed E-state index contributed by atoms with van der Waals surface area (Å²) in [6, 6.07) is 4.17. The SMILES string of the molecule is SCc1nccnc1CS.[2H][3H].[B]=N.c1cnc2c(c1)CSSC2. The van der Waals surface area contributed by atoms with E-state index in [0.29, 0.717) is 11.5 Å². The molecule has 4 nitrogen and oxygen atoms in total. The number of hydrogen-bond donors (Lipinski definition) is 3. The summed E-state index contributed by atoms with van der Waals surface area (Å²) >= 11 is 8.19. The summed E-state index contributed by atoms with van der Waals surface area (Å²) < 4.78 is 10.0. The van der Waals surface area contributed by atoms with Gasteiger partial charge in [-0.15, -0.1) is 0 Å². The molecule has 9 heteroatoms. The zero-order chi connectivity index (χ0) is 18.2. The van der Waals surface area contributed by atoms with Gasteiger partial charge in [0, 0.05) is 44.6 Å². The Kier molecular flexibility index (Phi) is 9.72. The smallest absolute Gasteiger partial charge is 0.0551 e. The molecule has 0 spiro atoms. The predicted octanol–water partition coefficient (Wildman–Crippen LogP) is 3.98. The molecule has 3 heterocycles. The largest absolute Gasteiger partial charge is 0.260 e. The first-order valence-corrected chi connectivity index (χ1v) is 10.1. The van der Waals surface area contributed by atoms with Gasteiger partial charge in [0.15, 0.2) is 0 Å². The molecule has 1 aliphatic heterocycles. The Bertz CT molecular complexity index is 504. The van der Waals surface area contributed by atoms with Gasteiger partial charge >= 0.3 is 13.0 Å². The quantitative estimate of drug-likeness (QED) is 0.423. The molecule has 0 saturated heterocycles. The number of nitrogens with zero attached hydrogens (tertiary/aromatic N) is 3. The van der Waals surface area contributed by atoms with Crippen LogP contribution in [0.2, 0.25) is 0 Å². The molecule has 2 aromatic rings. The maximum absolute atomic E-state index is 5.25. The second kappa shape index (κ2) is 12.0. The molecule has 3 rings (SSSR count). The molecule has 1 aliphatic rings. The first-order valence-electron chi connectivity index (χ1n) is 7.31. The number of rotatable bonds is 2. The van der Waals surface area contributed by atoms with Crippen LogP contribution in [0.3, 0.4) is 0 Å². The normalized spacial score (nSPS) is 12.4. The minimum Gasteiger partial charge on any atom is -0.260 e. The summed E-state index contributed by atoms with van der Waals surface area (Å²) in [5.74, 6) is 3.45. The van der Waals surface area contributed by atoms with Gasteiger partial charge in [-0.2, -0.15) is 25.3 Å². The monoisotopic (exact) mass is 372 g/mol. The Labute approximate surface area is 153 Å². The van der Waals surface area contributed by atoms with E-state index >= 15 is 0 Å². The molecule has 117 valence electrons. The van der Waals surface area contributed by atoms with Crippen molar-refractivity contribution in [2.24, 2.45) is 0 Å². The summed E-state index contributed by atoms with van der Waals surface area (Å²) in [5, 5.41) is 5.25. The van der Waals surface area contributed by atoms with Gasteiger partial charge in [-0.3, -0.25) is 15.0 Å². The maximum Gasteiger partial charge on any atom is 0.0551 e. The molecule has 0 aliphatic carbocycles. The molecular formula is C13H18BN4S4. The minimum absolute atomic E-state index is 0.629. The van der Waals surface area contributed by atoms with Gasteiger partial charge in [-0.05, 0) is 11.6 Å². The second-order valence-electron chi connectivity index (χ2n) is 3.90. The van der Waals surface area contributed by atoms with E-state index in [-0.39, 0.29) is 0 Å². The van der Waals surface area contributed by atoms with E-state index in [4.69, 9.17) is 8.28 Å². The third-order valence-corrected chi connectivity index (χ3v) is 5.43. The molecule has 0 atom stereocenters. The number of pyridine rings is 1. The van der Waals surface area contributed by atoms with Crippen LogP contribution in [0.25, 0.3) is 0 Å². The average Bonchev–Trinajstić information content (AvgIpc) is 2.71. The zero-order valence-electron chi connectivity index (χ0n) is 13.8. The Morgan fingerprint density at radius 3 is 2.23 bits per heavy atom. The standard InChI is InChI=1S/C7H7NS2.C6H8N2S2.BHN.H2/c1-2-6-4-9-10-5-7(6)8-3-1;9-3-5-6(4-10)8-2-1-7-5;1-2;/h1-3H,4-5H2;1-2,9-10H,3-4H2;2H;1H/i;;;1+2D. The first kappa shape index (κ1) is 17.8. The molecule has 0 unspecified atom stereocenters. The zero-order valence-corrected chi connectivity index (χ0v) is 15.3. The molecule has 0 aromatic carbocycles. The van der Waals surface area contributed by atoms with E-state index in [1.165, 1.54) is 11.3 Å². The third kappa shape index (κ3) is 6.32. The molecule has 2 aromatic heterocycles. The van der Waals surface area contributed by atoms with E-state index in [2.05, 4.69) is 53.9 Å². The third-order valence-electron chi connectivity index (χ3n) is 2.64. The van der Waals surface area contributed by atoms with Crippen molar-refractivity contribution < 1.29 is 2.97 Å². The van der Waals surface area contributed by atoms with Gasteiger partial charge in [0.25, 0.3) is 0 Å². The fourth-order valence-electron chi connectivity index (χ4n) is 1.60. The van der Waals surface area contributed by atoms with E-state index in [1.54, 1.807) is 12.4 Å². The molecule has 0 amide bonds. The molecule has 1 N–H and O–H groups in total. The van der Waals surface area contributed by atoms with Crippen LogP contribution in [-0.2, 0) is 23.0 Å².